The van der Waals surface area contributed by atoms with Crippen LogP contribution in [-0.4, -0.2) is 4.21 Å². The molecule has 0 saturated heterocycles. The third kappa shape index (κ3) is 2.58. The van der Waals surface area contributed by atoms with Gasteiger partial charge in [-0.1, -0.05) is 22.0 Å². The molecule has 1 atom stereocenters. The number of benzene rings is 2. The van der Waals surface area contributed by atoms with Gasteiger partial charge in [0, 0.05) is 14.8 Å². The van der Waals surface area contributed by atoms with E-state index in [-0.39, 0.29) is 0 Å². The molecule has 0 fully saturated rings. The largest absolute Gasteiger partial charge is 0.460 e. The Morgan fingerprint density at radius 1 is 1.05 bits per heavy atom. The van der Waals surface area contributed by atoms with E-state index in [1.165, 1.54) is 0 Å². The van der Waals surface area contributed by atoms with Gasteiger partial charge in [-0.15, -0.1) is 0 Å². The predicted molar refractivity (Wildman–Crippen MR) is 89.2 cm³/mol. The van der Waals surface area contributed by atoms with Crippen molar-refractivity contribution in [3.63, 3.8) is 0 Å². The van der Waals surface area contributed by atoms with Crippen molar-refractivity contribution in [2.75, 3.05) is 0 Å². The molecule has 3 rings (SSSR count). The minimum atomic E-state index is -1.24. The molecule has 0 unspecified atom stereocenters. The fourth-order valence-corrected chi connectivity index (χ4v) is 4.22. The lowest BCUT2D eigenvalue weighted by molar-refractivity contribution is 0.566. The minimum Gasteiger partial charge on any atom is -0.460 e. The van der Waals surface area contributed by atoms with Crippen LogP contribution in [0.15, 0.2) is 55.1 Å². The smallest absolute Gasteiger partial charge is 0.136 e. The van der Waals surface area contributed by atoms with Crippen LogP contribution in [0.1, 0.15) is 16.9 Å². The first kappa shape index (κ1) is 14.5. The van der Waals surface area contributed by atoms with E-state index in [0.717, 1.165) is 42.1 Å². The molecule has 0 aliphatic carbocycles. The van der Waals surface area contributed by atoms with E-state index in [4.69, 9.17) is 4.42 Å². The van der Waals surface area contributed by atoms with E-state index in [1.54, 1.807) is 0 Å². The Balaban J connectivity index is 2.22. The molecule has 0 aliphatic rings. The van der Waals surface area contributed by atoms with Crippen molar-refractivity contribution in [3.05, 3.63) is 57.8 Å². The number of halogens is 1. The zero-order valence-corrected chi connectivity index (χ0v) is 14.5. The molecule has 2 aromatic carbocycles. The van der Waals surface area contributed by atoms with Crippen molar-refractivity contribution in [1.29, 1.82) is 0 Å². The van der Waals surface area contributed by atoms with Crippen molar-refractivity contribution in [3.8, 4) is 0 Å². The highest BCUT2D eigenvalue weighted by Gasteiger charge is 2.20. The highest BCUT2D eigenvalue weighted by Crippen LogP contribution is 2.34. The summed E-state index contributed by atoms with van der Waals surface area (Å²) < 4.78 is 19.7. The first-order chi connectivity index (χ1) is 9.97. The molecule has 0 amide bonds. The second kappa shape index (κ2) is 5.43. The van der Waals surface area contributed by atoms with Gasteiger partial charge >= 0.3 is 0 Å². The molecule has 0 radical (unpaired) electrons. The molecule has 0 aliphatic heterocycles. The average molecular weight is 363 g/mol. The zero-order chi connectivity index (χ0) is 15.1. The van der Waals surface area contributed by atoms with Gasteiger partial charge in [0.05, 0.1) is 15.7 Å². The Bertz CT molecular complexity index is 847. The summed E-state index contributed by atoms with van der Waals surface area (Å²) in [7, 11) is -1.24. The predicted octanol–water partition coefficient (Wildman–Crippen LogP) is 5.29. The van der Waals surface area contributed by atoms with Crippen LogP contribution in [0.25, 0.3) is 11.0 Å². The van der Waals surface area contributed by atoms with Crippen LogP contribution in [-0.2, 0) is 10.8 Å². The Kier molecular flexibility index (Phi) is 3.76. The summed E-state index contributed by atoms with van der Waals surface area (Å²) in [6.07, 6.45) is 0. The normalized spacial score (nSPS) is 12.8. The van der Waals surface area contributed by atoms with Crippen LogP contribution in [0.3, 0.4) is 0 Å². The Morgan fingerprint density at radius 2 is 1.71 bits per heavy atom. The summed E-state index contributed by atoms with van der Waals surface area (Å²) in [6, 6.07) is 11.7. The fourth-order valence-electron chi connectivity index (χ4n) is 2.59. The Morgan fingerprint density at radius 3 is 2.38 bits per heavy atom. The second-order valence-electron chi connectivity index (χ2n) is 5.16. The molecule has 0 saturated carbocycles. The van der Waals surface area contributed by atoms with Crippen molar-refractivity contribution < 1.29 is 8.63 Å². The number of furan rings is 1. The highest BCUT2D eigenvalue weighted by molar-refractivity contribution is 9.10. The second-order valence-corrected chi connectivity index (χ2v) is 7.50. The quantitative estimate of drug-likeness (QED) is 0.620. The van der Waals surface area contributed by atoms with Gasteiger partial charge in [-0.2, -0.15) is 0 Å². The summed E-state index contributed by atoms with van der Waals surface area (Å²) >= 11 is 3.40. The lowest BCUT2D eigenvalue weighted by Crippen LogP contribution is -1.94. The van der Waals surface area contributed by atoms with Gasteiger partial charge in [0.25, 0.3) is 0 Å². The SMILES string of the molecule is Cc1cc(C)c2c([S@](=O)c3ccc(Br)cc3)c(C)oc2c1. The number of hydrogen-bond donors (Lipinski definition) is 0. The zero-order valence-electron chi connectivity index (χ0n) is 12.1. The molecular weight excluding hydrogens is 348 g/mol. The van der Waals surface area contributed by atoms with Gasteiger partial charge in [-0.25, -0.2) is 4.21 Å². The van der Waals surface area contributed by atoms with Gasteiger partial charge in [0.1, 0.15) is 11.3 Å². The van der Waals surface area contributed by atoms with Crippen molar-refractivity contribution in [1.82, 2.24) is 0 Å². The first-order valence-corrected chi connectivity index (χ1v) is 8.59. The van der Waals surface area contributed by atoms with E-state index < -0.39 is 10.8 Å². The molecule has 21 heavy (non-hydrogen) atoms. The molecule has 2 nitrogen and oxygen atoms in total. The molecule has 1 aromatic heterocycles. The topological polar surface area (TPSA) is 30.2 Å². The van der Waals surface area contributed by atoms with E-state index in [2.05, 4.69) is 22.0 Å². The third-order valence-corrected chi connectivity index (χ3v) is 5.56. The minimum absolute atomic E-state index is 0.722. The van der Waals surface area contributed by atoms with Gasteiger partial charge < -0.3 is 4.42 Å². The first-order valence-electron chi connectivity index (χ1n) is 6.65. The number of fused-ring (bicyclic) bond motifs is 1. The van der Waals surface area contributed by atoms with E-state index in [0.29, 0.717) is 0 Å². The molecule has 0 N–H and O–H groups in total. The molecule has 3 aromatic rings. The molecule has 0 spiro atoms. The fraction of sp³-hybridized carbons (Fsp3) is 0.176. The van der Waals surface area contributed by atoms with Crippen LogP contribution in [0, 0.1) is 20.8 Å². The number of hydrogen-bond acceptors (Lipinski definition) is 2. The summed E-state index contributed by atoms with van der Waals surface area (Å²) in [5, 5.41) is 0.972. The number of rotatable bonds is 2. The van der Waals surface area contributed by atoms with Gasteiger partial charge in [0.2, 0.25) is 0 Å². The van der Waals surface area contributed by atoms with Gasteiger partial charge in [0.15, 0.2) is 0 Å². The number of aryl methyl sites for hydroxylation is 3. The maximum absolute atomic E-state index is 12.9. The summed E-state index contributed by atoms with van der Waals surface area (Å²) in [6.45, 7) is 5.95. The maximum Gasteiger partial charge on any atom is 0.136 e. The Labute approximate surface area is 134 Å². The van der Waals surface area contributed by atoms with Crippen LogP contribution >= 0.6 is 15.9 Å². The van der Waals surface area contributed by atoms with Crippen LogP contribution in [0.2, 0.25) is 0 Å². The average Bonchev–Trinajstić information content (AvgIpc) is 2.75. The Hall–Kier alpha value is -1.39. The molecule has 4 heteroatoms. The van der Waals surface area contributed by atoms with Crippen molar-refractivity contribution >= 4 is 37.7 Å². The molecule has 1 heterocycles. The van der Waals surface area contributed by atoms with Gasteiger partial charge in [-0.3, -0.25) is 0 Å². The lowest BCUT2D eigenvalue weighted by Gasteiger charge is -2.04. The summed E-state index contributed by atoms with van der Waals surface area (Å²) in [5.41, 5.74) is 3.06. The monoisotopic (exact) mass is 362 g/mol. The van der Waals surface area contributed by atoms with E-state index in [9.17, 15) is 4.21 Å². The van der Waals surface area contributed by atoms with Crippen LogP contribution in [0.4, 0.5) is 0 Å². The summed E-state index contributed by atoms with van der Waals surface area (Å²) in [4.78, 5) is 1.56. The summed E-state index contributed by atoms with van der Waals surface area (Å²) in [5.74, 6) is 0.722. The molecule has 108 valence electrons. The molecular formula is C17H15BrO2S. The standard InChI is InChI=1S/C17H15BrO2S/c1-10-8-11(2)16-15(9-10)20-12(3)17(16)21(19)14-6-4-13(18)5-7-14/h4-9H,1-3H3/t21-/m1/s1. The third-order valence-electron chi connectivity index (χ3n) is 3.47. The van der Waals surface area contributed by atoms with Crippen molar-refractivity contribution in [2.24, 2.45) is 0 Å². The van der Waals surface area contributed by atoms with Crippen LogP contribution < -0.4 is 0 Å². The maximum atomic E-state index is 12.9. The van der Waals surface area contributed by atoms with E-state index >= 15 is 0 Å². The molecule has 0 bridgehead atoms. The highest BCUT2D eigenvalue weighted by atomic mass is 79.9. The lowest BCUT2D eigenvalue weighted by atomic mass is 10.1. The van der Waals surface area contributed by atoms with Gasteiger partial charge in [-0.05, 0) is 62.2 Å². The van der Waals surface area contributed by atoms with Crippen molar-refractivity contribution in [2.45, 2.75) is 30.6 Å². The van der Waals surface area contributed by atoms with E-state index in [1.807, 2.05) is 51.1 Å². The van der Waals surface area contributed by atoms with Crippen LogP contribution in [0.5, 0.6) is 0 Å².